The van der Waals surface area contributed by atoms with Crippen LogP contribution in [0.2, 0.25) is 0 Å². The van der Waals surface area contributed by atoms with E-state index >= 15 is 0 Å². The van der Waals surface area contributed by atoms with Crippen molar-refractivity contribution in [2.24, 2.45) is 0 Å². The highest BCUT2D eigenvalue weighted by atomic mass is 16.3. The Labute approximate surface area is 223 Å². The number of aromatic nitrogens is 3. The molecular weight excluding hydrogens is 460 g/mol. The van der Waals surface area contributed by atoms with Gasteiger partial charge in [0.25, 0.3) is 0 Å². The summed E-state index contributed by atoms with van der Waals surface area (Å²) in [5.41, 5.74) is 5.89. The van der Waals surface area contributed by atoms with Gasteiger partial charge in [0.2, 0.25) is 5.95 Å². The normalized spacial score (nSPS) is 15.4. The first-order chi connectivity index (χ1) is 18.1. The van der Waals surface area contributed by atoms with Gasteiger partial charge in [-0.05, 0) is 43.5 Å². The molecule has 7 heteroatoms. The molecule has 3 heterocycles. The van der Waals surface area contributed by atoms with Gasteiger partial charge in [-0.25, -0.2) is 9.50 Å². The molecule has 2 aromatic heterocycles. The minimum Gasteiger partial charge on any atom is -0.396 e. The summed E-state index contributed by atoms with van der Waals surface area (Å²) in [6, 6.07) is 11.3. The Balaban J connectivity index is 0.00000186. The van der Waals surface area contributed by atoms with Gasteiger partial charge < -0.3 is 15.3 Å². The Morgan fingerprint density at radius 1 is 1.00 bits per heavy atom. The third-order valence-electron chi connectivity index (χ3n) is 7.15. The van der Waals surface area contributed by atoms with Gasteiger partial charge in [-0.15, -0.1) is 5.10 Å². The van der Waals surface area contributed by atoms with Crippen LogP contribution in [0.25, 0.3) is 16.6 Å². The van der Waals surface area contributed by atoms with E-state index in [1.807, 2.05) is 20.0 Å². The van der Waals surface area contributed by atoms with E-state index in [0.717, 1.165) is 82.5 Å². The Bertz CT molecular complexity index is 1060. The lowest BCUT2D eigenvalue weighted by molar-refractivity contribution is 0.148. The van der Waals surface area contributed by atoms with E-state index in [4.69, 9.17) is 5.10 Å². The van der Waals surface area contributed by atoms with Crippen LogP contribution < -0.4 is 5.32 Å². The second-order valence-electron chi connectivity index (χ2n) is 9.92. The van der Waals surface area contributed by atoms with E-state index in [1.165, 1.54) is 16.8 Å². The van der Waals surface area contributed by atoms with Crippen molar-refractivity contribution in [1.29, 1.82) is 0 Å². The monoisotopic (exact) mass is 508 g/mol. The molecule has 1 aliphatic rings. The lowest BCUT2D eigenvalue weighted by Gasteiger charge is -2.32. The minimum atomic E-state index is 0.184. The van der Waals surface area contributed by atoms with Crippen LogP contribution >= 0.6 is 0 Å². The van der Waals surface area contributed by atoms with Gasteiger partial charge in [0.05, 0.1) is 11.7 Å². The number of likely N-dealkylation sites (N-methyl/N-ethyl adjacent to an activating group) is 1. The molecule has 4 rings (SSSR count). The number of aliphatic hydroxyl groups is 1. The summed E-state index contributed by atoms with van der Waals surface area (Å²) < 4.78 is 2.06. The molecule has 2 N–H and O–H groups in total. The lowest BCUT2D eigenvalue weighted by atomic mass is 9.94. The molecule has 0 unspecified atom stereocenters. The van der Waals surface area contributed by atoms with Crippen LogP contribution in [0.1, 0.15) is 77.0 Å². The maximum absolute atomic E-state index is 9.78. The van der Waals surface area contributed by atoms with Gasteiger partial charge in [-0.1, -0.05) is 64.8 Å². The van der Waals surface area contributed by atoms with E-state index in [2.05, 4.69) is 75.8 Å². The average Bonchev–Trinajstić information content (AvgIpc) is 3.31. The lowest BCUT2D eigenvalue weighted by Crippen LogP contribution is -2.43. The number of rotatable bonds is 12. The Morgan fingerprint density at radius 2 is 1.73 bits per heavy atom. The molecule has 1 aliphatic heterocycles. The number of piperazine rings is 1. The number of hydrogen-bond acceptors (Lipinski definition) is 6. The number of aliphatic hydroxyl groups excluding tert-OH is 1. The van der Waals surface area contributed by atoms with Crippen LogP contribution in [0.3, 0.4) is 0 Å². The number of benzene rings is 1. The summed E-state index contributed by atoms with van der Waals surface area (Å²) in [5.74, 6) is 0.926. The van der Waals surface area contributed by atoms with Crippen molar-refractivity contribution >= 4 is 11.5 Å². The minimum absolute atomic E-state index is 0.184. The molecule has 7 nitrogen and oxygen atoms in total. The number of nitrogens with zero attached hydrogens (tertiary/aromatic N) is 5. The summed E-state index contributed by atoms with van der Waals surface area (Å²) in [6.07, 6.45) is 7.05. The second-order valence-corrected chi connectivity index (χ2v) is 9.92. The fraction of sp³-hybridized carbons (Fsp3) is 0.600. The van der Waals surface area contributed by atoms with Gasteiger partial charge in [-0.2, -0.15) is 0 Å². The Morgan fingerprint density at radius 3 is 2.38 bits per heavy atom. The smallest absolute Gasteiger partial charge is 0.241 e. The molecule has 0 spiro atoms. The molecule has 0 saturated carbocycles. The molecule has 3 aromatic rings. The van der Waals surface area contributed by atoms with Crippen LogP contribution in [0.4, 0.5) is 5.95 Å². The molecular formula is C30H48N6O. The largest absolute Gasteiger partial charge is 0.396 e. The predicted octanol–water partition coefficient (Wildman–Crippen LogP) is 5.65. The van der Waals surface area contributed by atoms with Gasteiger partial charge in [0.1, 0.15) is 0 Å². The predicted molar refractivity (Wildman–Crippen MR) is 155 cm³/mol. The highest BCUT2D eigenvalue weighted by Crippen LogP contribution is 2.34. The van der Waals surface area contributed by atoms with Crippen molar-refractivity contribution in [3.63, 3.8) is 0 Å². The van der Waals surface area contributed by atoms with Crippen LogP contribution in [-0.4, -0.2) is 75.9 Å². The van der Waals surface area contributed by atoms with Crippen LogP contribution in [0.15, 0.2) is 36.5 Å². The van der Waals surface area contributed by atoms with E-state index in [0.29, 0.717) is 5.95 Å². The zero-order valence-electron chi connectivity index (χ0n) is 23.7. The molecule has 0 radical (unpaired) electrons. The summed E-state index contributed by atoms with van der Waals surface area (Å²) in [5, 5.41) is 18.0. The van der Waals surface area contributed by atoms with E-state index in [9.17, 15) is 5.11 Å². The molecule has 0 amide bonds. The molecule has 37 heavy (non-hydrogen) atoms. The topological polar surface area (TPSA) is 68.9 Å². The fourth-order valence-corrected chi connectivity index (χ4v) is 4.95. The number of fused-ring (bicyclic) bond motifs is 1. The number of unbranched alkanes of at least 4 members (excludes halogenated alkanes) is 1. The second kappa shape index (κ2) is 15.1. The van der Waals surface area contributed by atoms with Crippen molar-refractivity contribution in [2.45, 2.75) is 72.3 Å². The Kier molecular flexibility index (Phi) is 11.8. The van der Waals surface area contributed by atoms with E-state index < -0.39 is 0 Å². The first-order valence-corrected chi connectivity index (χ1v) is 14.4. The van der Waals surface area contributed by atoms with Crippen LogP contribution in [0, 0.1) is 0 Å². The van der Waals surface area contributed by atoms with Crippen molar-refractivity contribution in [3.05, 3.63) is 47.8 Å². The van der Waals surface area contributed by atoms with Gasteiger partial charge >= 0.3 is 0 Å². The van der Waals surface area contributed by atoms with Crippen molar-refractivity contribution < 1.29 is 5.11 Å². The highest BCUT2D eigenvalue weighted by molar-refractivity contribution is 5.81. The molecule has 0 aliphatic carbocycles. The molecule has 0 bridgehead atoms. The molecule has 1 atom stereocenters. The maximum Gasteiger partial charge on any atom is 0.241 e. The molecule has 1 saturated heterocycles. The quantitative estimate of drug-likeness (QED) is 0.330. The van der Waals surface area contributed by atoms with Gasteiger partial charge in [-0.3, -0.25) is 4.90 Å². The summed E-state index contributed by atoms with van der Waals surface area (Å²) >= 11 is 0. The van der Waals surface area contributed by atoms with Crippen molar-refractivity contribution in [1.82, 2.24) is 24.4 Å². The zero-order valence-corrected chi connectivity index (χ0v) is 23.7. The standard InChI is InChI=1S/C28H42N6O.C2H6/c1-4-6-7-24(12-18-35)26-19-25(27-20-30-28(29-13-5-2)31-34(26)27)23-10-8-22(9-11-23)21-33-16-14-32(3)15-17-33;1-2/h8-11,19-20,24,35H,4-7,12-18,21H2,1-3H3,(H,29,31);1-2H3/t24-;/m1./s1. The van der Waals surface area contributed by atoms with Crippen molar-refractivity contribution in [3.8, 4) is 11.1 Å². The summed E-state index contributed by atoms with van der Waals surface area (Å²) in [4.78, 5) is 9.54. The Hall–Kier alpha value is -2.48. The number of anilines is 1. The first kappa shape index (κ1) is 29.1. The highest BCUT2D eigenvalue weighted by Gasteiger charge is 2.21. The average molecular weight is 509 g/mol. The number of nitrogens with one attached hydrogen (secondary N) is 1. The third kappa shape index (κ3) is 7.76. The fourth-order valence-electron chi connectivity index (χ4n) is 4.95. The van der Waals surface area contributed by atoms with E-state index in [1.54, 1.807) is 0 Å². The van der Waals surface area contributed by atoms with Crippen LogP contribution in [-0.2, 0) is 6.54 Å². The maximum atomic E-state index is 9.78. The first-order valence-electron chi connectivity index (χ1n) is 14.4. The van der Waals surface area contributed by atoms with E-state index in [-0.39, 0.29) is 12.5 Å². The van der Waals surface area contributed by atoms with Crippen LogP contribution in [0.5, 0.6) is 0 Å². The van der Waals surface area contributed by atoms with Gasteiger partial charge in [0, 0.05) is 63.1 Å². The van der Waals surface area contributed by atoms with Gasteiger partial charge in [0.15, 0.2) is 0 Å². The third-order valence-corrected chi connectivity index (χ3v) is 7.15. The molecule has 1 fully saturated rings. The molecule has 1 aromatic carbocycles. The molecule has 204 valence electrons. The SMILES string of the molecule is CC.CCCC[C@H](CCO)c1cc(-c2ccc(CN3CCN(C)CC3)cc2)c2cnc(NCCC)nn12. The van der Waals surface area contributed by atoms with Crippen molar-refractivity contribution in [2.75, 3.05) is 51.7 Å². The summed E-state index contributed by atoms with van der Waals surface area (Å²) in [7, 11) is 2.20. The number of hydrogen-bond donors (Lipinski definition) is 2. The summed E-state index contributed by atoms with van der Waals surface area (Å²) in [6.45, 7) is 14.9. The zero-order chi connectivity index (χ0) is 26.6.